The minimum absolute atomic E-state index is 0.0664. The predicted octanol–water partition coefficient (Wildman–Crippen LogP) is 5.97. The molecule has 238 valence electrons. The molecular formula is C30H36N2O8S4. The molecule has 3 rings (SSSR count). The van der Waals surface area contributed by atoms with Gasteiger partial charge < -0.3 is 34.7 Å². The van der Waals surface area contributed by atoms with Crippen molar-refractivity contribution in [1.29, 1.82) is 0 Å². The lowest BCUT2D eigenvalue weighted by Gasteiger charge is -2.19. The highest BCUT2D eigenvalue weighted by atomic mass is 32.2. The van der Waals surface area contributed by atoms with Gasteiger partial charge in [0.05, 0.1) is 26.4 Å². The molecule has 0 saturated heterocycles. The summed E-state index contributed by atoms with van der Waals surface area (Å²) in [6, 6.07) is 13.0. The van der Waals surface area contributed by atoms with Gasteiger partial charge in [0, 0.05) is 53.5 Å². The van der Waals surface area contributed by atoms with E-state index in [1.165, 1.54) is 30.6 Å². The largest absolute Gasteiger partial charge is 0.461 e. The molecule has 1 aliphatic heterocycles. The number of alkyl carbamates (subject to hydrolysis) is 2. The number of aliphatic hydroxyl groups is 1. The maximum atomic E-state index is 11.7. The van der Waals surface area contributed by atoms with Gasteiger partial charge in [-0.1, -0.05) is 36.7 Å². The van der Waals surface area contributed by atoms with Crippen LogP contribution >= 0.6 is 47.0 Å². The van der Waals surface area contributed by atoms with Crippen molar-refractivity contribution >= 4 is 65.2 Å². The number of carbonyl (C=O) groups is 3. The second-order valence-corrected chi connectivity index (χ2v) is 13.3. The average Bonchev–Trinajstić information content (AvgIpc) is 3.03. The number of esters is 1. The van der Waals surface area contributed by atoms with Gasteiger partial charge in [0.25, 0.3) is 0 Å². The Hall–Kier alpha value is -2.75. The van der Waals surface area contributed by atoms with Gasteiger partial charge in [-0.25, -0.2) is 14.4 Å². The van der Waals surface area contributed by atoms with Crippen molar-refractivity contribution < 1.29 is 38.4 Å². The number of aliphatic hydroxyl groups excluding tert-OH is 1. The number of benzene rings is 2. The Labute approximate surface area is 274 Å². The summed E-state index contributed by atoms with van der Waals surface area (Å²) in [5.41, 5.74) is 0. The van der Waals surface area contributed by atoms with Gasteiger partial charge in [-0.15, -0.1) is 23.5 Å². The Morgan fingerprint density at radius 3 is 1.80 bits per heavy atom. The third-order valence-corrected chi connectivity index (χ3v) is 10.2. The van der Waals surface area contributed by atoms with Crippen LogP contribution in [-0.2, 0) is 23.7 Å². The Bertz CT molecular complexity index is 1280. The molecule has 2 amide bonds. The second kappa shape index (κ2) is 20.3. The third-order valence-electron chi connectivity index (χ3n) is 5.50. The summed E-state index contributed by atoms with van der Waals surface area (Å²) < 4.78 is 20.1. The highest BCUT2D eigenvalue weighted by molar-refractivity contribution is 8.05. The van der Waals surface area contributed by atoms with E-state index in [0.29, 0.717) is 19.6 Å². The van der Waals surface area contributed by atoms with Crippen molar-refractivity contribution in [2.24, 2.45) is 0 Å². The van der Waals surface area contributed by atoms with E-state index in [1.54, 1.807) is 47.0 Å². The molecule has 3 N–H and O–H groups in total. The number of fused-ring (bicyclic) bond motifs is 2. The van der Waals surface area contributed by atoms with Gasteiger partial charge in [0.1, 0.15) is 6.61 Å². The Kier molecular flexibility index (Phi) is 16.5. The first-order valence-electron chi connectivity index (χ1n) is 13.8. The molecule has 0 aromatic heterocycles. The number of carbonyl (C=O) groups excluding carboxylic acids is 3. The van der Waals surface area contributed by atoms with Gasteiger partial charge in [-0.2, -0.15) is 0 Å². The van der Waals surface area contributed by atoms with Crippen molar-refractivity contribution in [1.82, 2.24) is 10.6 Å². The van der Waals surface area contributed by atoms with E-state index in [1.807, 2.05) is 0 Å². The van der Waals surface area contributed by atoms with Crippen LogP contribution in [0.15, 0.2) is 91.1 Å². The van der Waals surface area contributed by atoms with Crippen LogP contribution in [-0.4, -0.2) is 80.6 Å². The molecule has 1 aliphatic rings. The molecule has 0 bridgehead atoms. The van der Waals surface area contributed by atoms with Crippen LogP contribution in [0.25, 0.3) is 0 Å². The molecule has 2 aromatic carbocycles. The van der Waals surface area contributed by atoms with Crippen molar-refractivity contribution in [2.75, 3.05) is 51.0 Å². The van der Waals surface area contributed by atoms with Crippen LogP contribution in [0.1, 0.15) is 12.8 Å². The number of ether oxygens (including phenoxy) is 4. The van der Waals surface area contributed by atoms with Crippen LogP contribution in [0.5, 0.6) is 0 Å². The summed E-state index contributed by atoms with van der Waals surface area (Å²) in [5, 5.41) is 14.3. The van der Waals surface area contributed by atoms with Gasteiger partial charge in [-0.05, 0) is 55.3 Å². The first-order valence-corrected chi connectivity index (χ1v) is 17.4. The lowest BCUT2D eigenvalue weighted by Crippen LogP contribution is -2.29. The SMILES string of the molecule is C=CC(=O)OCCNC(=O)OCCCSc1ccc2c(c1)Sc1ccc(SCCCOC(=O)NCCOC(O)C=C)cc1S2. The maximum absolute atomic E-state index is 11.7. The fraction of sp³-hybridized carbons (Fsp3) is 0.367. The number of hydrogen-bond acceptors (Lipinski definition) is 12. The molecule has 2 aromatic rings. The zero-order chi connectivity index (χ0) is 31.6. The molecule has 0 aliphatic carbocycles. The number of thioether (sulfide) groups is 2. The van der Waals surface area contributed by atoms with Gasteiger partial charge in [0.15, 0.2) is 6.29 Å². The summed E-state index contributed by atoms with van der Waals surface area (Å²) in [4.78, 5) is 41.6. The predicted molar refractivity (Wildman–Crippen MR) is 174 cm³/mol. The Balaban J connectivity index is 1.30. The molecule has 10 nitrogen and oxygen atoms in total. The molecule has 0 radical (unpaired) electrons. The summed E-state index contributed by atoms with van der Waals surface area (Å²) in [6.07, 6.45) is 1.68. The summed E-state index contributed by atoms with van der Waals surface area (Å²) in [6.45, 7) is 7.98. The smallest absolute Gasteiger partial charge is 0.407 e. The molecule has 0 spiro atoms. The second-order valence-electron chi connectivity index (χ2n) is 8.82. The summed E-state index contributed by atoms with van der Waals surface area (Å²) >= 11 is 6.97. The van der Waals surface area contributed by atoms with Crippen molar-refractivity contribution in [2.45, 2.75) is 48.5 Å². The quantitative estimate of drug-likeness (QED) is 0.0262. The highest BCUT2D eigenvalue weighted by Crippen LogP contribution is 2.50. The summed E-state index contributed by atoms with van der Waals surface area (Å²) in [5.74, 6) is 1.10. The first kappa shape index (κ1) is 35.7. The topological polar surface area (TPSA) is 132 Å². The van der Waals surface area contributed by atoms with Crippen LogP contribution in [0, 0.1) is 0 Å². The number of amides is 2. The van der Waals surface area contributed by atoms with Crippen LogP contribution in [0.4, 0.5) is 9.59 Å². The highest BCUT2D eigenvalue weighted by Gasteiger charge is 2.18. The normalized spacial score (nSPS) is 12.2. The Morgan fingerprint density at radius 1 is 0.773 bits per heavy atom. The molecule has 1 unspecified atom stereocenters. The first-order chi connectivity index (χ1) is 21.4. The Morgan fingerprint density at radius 2 is 1.30 bits per heavy atom. The van der Waals surface area contributed by atoms with E-state index < -0.39 is 24.4 Å². The van der Waals surface area contributed by atoms with Gasteiger partial charge in [0.2, 0.25) is 0 Å². The van der Waals surface area contributed by atoms with E-state index in [9.17, 15) is 19.5 Å². The molecule has 0 fully saturated rings. The fourth-order valence-electron chi connectivity index (χ4n) is 3.42. The third kappa shape index (κ3) is 13.5. The van der Waals surface area contributed by atoms with E-state index >= 15 is 0 Å². The van der Waals surface area contributed by atoms with Crippen molar-refractivity contribution in [3.05, 3.63) is 61.7 Å². The monoisotopic (exact) mass is 680 g/mol. The van der Waals surface area contributed by atoms with Crippen molar-refractivity contribution in [3.8, 4) is 0 Å². The van der Waals surface area contributed by atoms with Crippen LogP contribution < -0.4 is 10.6 Å². The number of hydrogen-bond donors (Lipinski definition) is 3. The zero-order valence-electron chi connectivity index (χ0n) is 24.1. The molecule has 1 atom stereocenters. The van der Waals surface area contributed by atoms with E-state index in [0.717, 1.165) is 28.9 Å². The van der Waals surface area contributed by atoms with Crippen LogP contribution in [0.2, 0.25) is 0 Å². The van der Waals surface area contributed by atoms with Crippen LogP contribution in [0.3, 0.4) is 0 Å². The van der Waals surface area contributed by atoms with Gasteiger partial charge in [-0.3, -0.25) is 0 Å². The van der Waals surface area contributed by atoms with Gasteiger partial charge >= 0.3 is 18.2 Å². The minimum atomic E-state index is -1.04. The molecule has 14 heteroatoms. The molecule has 1 heterocycles. The zero-order valence-corrected chi connectivity index (χ0v) is 27.4. The lowest BCUT2D eigenvalue weighted by atomic mass is 10.3. The van der Waals surface area contributed by atoms with E-state index in [2.05, 4.69) is 60.2 Å². The molecule has 0 saturated carbocycles. The van der Waals surface area contributed by atoms with E-state index in [4.69, 9.17) is 18.9 Å². The van der Waals surface area contributed by atoms with Crippen molar-refractivity contribution in [3.63, 3.8) is 0 Å². The average molecular weight is 681 g/mol. The standard InChI is InChI=1S/C30H36N2O8S4/c1-3-27(33)37-15-11-31-29(35)39-13-5-17-41-21-7-9-23-25(19-21)43-24-10-8-22(20-26(24)44-23)42-18-6-14-40-30(36)32-12-16-38-28(34)4-2/h3-4,7-10,19-20,27,33H,1-2,5-6,11-18H2,(H,31,35)(H,32,36). The fourth-order valence-corrected chi connectivity index (χ4v) is 7.57. The summed E-state index contributed by atoms with van der Waals surface area (Å²) in [7, 11) is 0. The van der Waals surface area contributed by atoms with E-state index in [-0.39, 0.29) is 26.3 Å². The molecule has 44 heavy (non-hydrogen) atoms. The number of nitrogens with one attached hydrogen (secondary N) is 2. The number of rotatable bonds is 19. The lowest BCUT2D eigenvalue weighted by molar-refractivity contribution is -0.137. The minimum Gasteiger partial charge on any atom is -0.461 e. The maximum Gasteiger partial charge on any atom is 0.407 e. The molecular weight excluding hydrogens is 645 g/mol.